The van der Waals surface area contributed by atoms with Crippen LogP contribution in [0.25, 0.3) is 0 Å². The molecular formula is C68H88N12O13S. The van der Waals surface area contributed by atoms with Gasteiger partial charge in [-0.1, -0.05) is 131 Å². The third-order valence-corrected chi connectivity index (χ3v) is 15.4. The topological polar surface area (TPSA) is 385 Å². The molecule has 0 radical (unpaired) electrons. The standard InChI is InChI=1S/C68H88N12O13S/c1-41(2)35-54(74-65(87)55(37-45-19-13-9-14-20-45)75-62(84)52(31-32-57(70)81)73-67(89)59(42(3)4)77-61(83)51(69)36-44-17-11-8-12-18-44)64(86)72-53(33-34-94-7)63(85)76-56(38-58(71)82)66(88)78-60(43(5)92-39-46-21-15-10-16-22-46)68(90)93-40-47-23-25-48(26-24-47)79-80-49-27-29-50(91-6)30-28-49/h8-30,41-43,51-56,59-60H,31-40,69H2,1-7H3,(H2,70,81)(H2,71,82)(H,72,86)(H,73,89)(H,74,87)(H,75,84)(H,76,85)(H,77,83)(H,78,88)/b80-79+. The van der Waals surface area contributed by atoms with Gasteiger partial charge >= 0.3 is 5.97 Å². The first-order chi connectivity index (χ1) is 44.9. The number of ether oxygens (including phenoxy) is 3. The van der Waals surface area contributed by atoms with Crippen LogP contribution < -0.4 is 59.2 Å². The Labute approximate surface area is 552 Å². The number of nitrogens with two attached hydrogens (primary N) is 3. The van der Waals surface area contributed by atoms with E-state index < -0.39 is 126 Å². The van der Waals surface area contributed by atoms with Crippen LogP contribution in [0.2, 0.25) is 0 Å². The van der Waals surface area contributed by atoms with Gasteiger partial charge in [-0.3, -0.25) is 43.2 Å². The Hall–Kier alpha value is -9.53. The smallest absolute Gasteiger partial charge is 0.331 e. The molecule has 94 heavy (non-hydrogen) atoms. The summed E-state index contributed by atoms with van der Waals surface area (Å²) in [4.78, 5) is 139. The second kappa shape index (κ2) is 39.1. The van der Waals surface area contributed by atoms with Crippen LogP contribution in [0.15, 0.2) is 150 Å². The largest absolute Gasteiger partial charge is 0.497 e. The van der Waals surface area contributed by atoms with Crippen LogP contribution in [0.5, 0.6) is 5.75 Å². The molecule has 0 aromatic heterocycles. The second-order valence-electron chi connectivity index (χ2n) is 23.3. The van der Waals surface area contributed by atoms with Crippen molar-refractivity contribution >= 4 is 82.3 Å². The summed E-state index contributed by atoms with van der Waals surface area (Å²) in [5, 5.41) is 27.2. The predicted octanol–water partition coefficient (Wildman–Crippen LogP) is 4.56. The molecule has 26 heteroatoms. The summed E-state index contributed by atoms with van der Waals surface area (Å²) in [6.45, 7) is 8.29. The Kier molecular flexibility index (Phi) is 31.3. The maximum Gasteiger partial charge on any atom is 0.331 e. The third-order valence-electron chi connectivity index (χ3n) is 14.8. The molecule has 25 nitrogen and oxygen atoms in total. The summed E-state index contributed by atoms with van der Waals surface area (Å²) in [5.74, 6) is -8.33. The van der Waals surface area contributed by atoms with E-state index in [9.17, 15) is 47.9 Å². The summed E-state index contributed by atoms with van der Waals surface area (Å²) in [7, 11) is 1.56. The van der Waals surface area contributed by atoms with Gasteiger partial charge in [0.15, 0.2) is 6.04 Å². The van der Waals surface area contributed by atoms with Gasteiger partial charge in [-0.15, -0.1) is 0 Å². The first-order valence-electron chi connectivity index (χ1n) is 30.9. The van der Waals surface area contributed by atoms with Gasteiger partial charge in [-0.2, -0.15) is 22.0 Å². The number of carbonyl (C=O) groups excluding carboxylic acids is 10. The summed E-state index contributed by atoms with van der Waals surface area (Å²) < 4.78 is 17.0. The Morgan fingerprint density at radius 3 is 1.47 bits per heavy atom. The van der Waals surface area contributed by atoms with E-state index in [2.05, 4.69) is 47.4 Å². The van der Waals surface area contributed by atoms with Gasteiger partial charge in [0.25, 0.3) is 0 Å². The van der Waals surface area contributed by atoms with E-state index in [-0.39, 0.29) is 57.7 Å². The molecule has 0 bridgehead atoms. The van der Waals surface area contributed by atoms with Crippen molar-refractivity contribution in [3.05, 3.63) is 162 Å². The molecule has 0 aliphatic heterocycles. The fraction of sp³-hybridized carbons (Fsp3) is 0.412. The van der Waals surface area contributed by atoms with Gasteiger partial charge in [-0.05, 0) is 115 Å². The Morgan fingerprint density at radius 1 is 0.479 bits per heavy atom. The SMILES string of the molecule is COc1ccc(/N=N/c2ccc(COC(=O)C(NC(=O)C(CC(N)=O)NC(=O)C(CCSC)NC(=O)C(CC(C)C)NC(=O)C(Cc3ccccc3)NC(=O)C(CCC(N)=O)NC(=O)C(NC(=O)C(N)Cc3ccccc3)C(C)C)C(C)OCc3ccccc3)cc2)cc1. The highest BCUT2D eigenvalue weighted by Gasteiger charge is 2.37. The molecule has 0 spiro atoms. The van der Waals surface area contributed by atoms with Crippen LogP contribution >= 0.6 is 11.8 Å². The van der Waals surface area contributed by atoms with Crippen molar-refractivity contribution in [2.75, 3.05) is 19.1 Å². The van der Waals surface area contributed by atoms with Crippen LogP contribution in [0, 0.1) is 11.8 Å². The van der Waals surface area contributed by atoms with Crippen LogP contribution in [0.4, 0.5) is 11.4 Å². The van der Waals surface area contributed by atoms with E-state index in [0.717, 1.165) is 11.1 Å². The Morgan fingerprint density at radius 2 is 0.936 bits per heavy atom. The lowest BCUT2D eigenvalue weighted by molar-refractivity contribution is -0.154. The maximum absolute atomic E-state index is 14.7. The second-order valence-corrected chi connectivity index (χ2v) is 24.3. The maximum atomic E-state index is 14.7. The zero-order chi connectivity index (χ0) is 68.7. The van der Waals surface area contributed by atoms with E-state index in [4.69, 9.17) is 31.4 Å². The summed E-state index contributed by atoms with van der Waals surface area (Å²) in [6, 6.07) is 29.4. The number of amides is 9. The zero-order valence-electron chi connectivity index (χ0n) is 54.0. The van der Waals surface area contributed by atoms with E-state index in [0.29, 0.717) is 34.0 Å². The van der Waals surface area contributed by atoms with E-state index >= 15 is 0 Å². The summed E-state index contributed by atoms with van der Waals surface area (Å²) in [6.07, 6.45) is -0.608. The van der Waals surface area contributed by atoms with Crippen molar-refractivity contribution < 1.29 is 62.2 Å². The molecule has 0 heterocycles. The molecule has 0 saturated heterocycles. The molecule has 0 aliphatic rings. The number of nitrogens with one attached hydrogen (secondary N) is 7. The number of esters is 1. The van der Waals surface area contributed by atoms with Crippen LogP contribution in [0.3, 0.4) is 0 Å². The number of hydrogen-bond donors (Lipinski definition) is 10. The Balaban J connectivity index is 1.33. The van der Waals surface area contributed by atoms with Crippen LogP contribution in [0.1, 0.15) is 89.0 Å². The third kappa shape index (κ3) is 26.2. The minimum atomic E-state index is -1.70. The predicted molar refractivity (Wildman–Crippen MR) is 355 cm³/mol. The highest BCUT2D eigenvalue weighted by molar-refractivity contribution is 7.98. The fourth-order valence-corrected chi connectivity index (χ4v) is 10.00. The quantitative estimate of drug-likeness (QED) is 0.0190. The highest BCUT2D eigenvalue weighted by Crippen LogP contribution is 2.22. The number of thioether (sulfide) groups is 1. The molecule has 0 saturated carbocycles. The van der Waals surface area contributed by atoms with E-state index in [1.807, 2.05) is 36.4 Å². The lowest BCUT2D eigenvalue weighted by Crippen LogP contribution is -2.61. The lowest BCUT2D eigenvalue weighted by Gasteiger charge is -2.29. The van der Waals surface area contributed by atoms with Crippen LogP contribution in [-0.2, 0) is 83.5 Å². The number of azo groups is 1. The number of primary amides is 2. The van der Waals surface area contributed by atoms with Gasteiger partial charge in [0, 0.05) is 12.8 Å². The van der Waals surface area contributed by atoms with Crippen molar-refractivity contribution in [3.8, 4) is 5.75 Å². The van der Waals surface area contributed by atoms with Gasteiger partial charge < -0.3 is 68.6 Å². The Bertz CT molecular complexity index is 3310. The normalized spacial score (nSPS) is 14.1. The molecule has 13 N–H and O–H groups in total. The highest BCUT2D eigenvalue weighted by atomic mass is 32.2. The number of benzene rings is 5. The average molecular weight is 1310 g/mol. The van der Waals surface area contributed by atoms with Crippen molar-refractivity contribution in [3.63, 3.8) is 0 Å². The minimum absolute atomic E-state index is 0.00917. The molecule has 504 valence electrons. The summed E-state index contributed by atoms with van der Waals surface area (Å²) >= 11 is 1.34. The zero-order valence-corrected chi connectivity index (χ0v) is 54.9. The van der Waals surface area contributed by atoms with Gasteiger partial charge in [-0.25, -0.2) is 4.79 Å². The monoisotopic (exact) mass is 1310 g/mol. The van der Waals surface area contributed by atoms with E-state index in [1.165, 1.54) is 11.8 Å². The molecule has 5 aromatic carbocycles. The number of methoxy groups -OCH3 is 1. The van der Waals surface area contributed by atoms with Gasteiger partial charge in [0.2, 0.25) is 53.2 Å². The average Bonchev–Trinajstić information content (AvgIpc) is 0.915. The lowest BCUT2D eigenvalue weighted by atomic mass is 9.99. The number of carbonyl (C=O) groups is 10. The molecule has 9 atom stereocenters. The first kappa shape index (κ1) is 75.2. The number of hydrogen-bond acceptors (Lipinski definition) is 17. The number of nitrogens with zero attached hydrogens (tertiary/aromatic N) is 2. The van der Waals surface area contributed by atoms with Crippen LogP contribution in [-0.4, -0.2) is 133 Å². The minimum Gasteiger partial charge on any atom is -0.497 e. The molecule has 5 rings (SSSR count). The van der Waals surface area contributed by atoms with Gasteiger partial charge in [0.1, 0.15) is 48.6 Å². The van der Waals surface area contributed by atoms with Crippen molar-refractivity contribution in [2.24, 2.45) is 39.3 Å². The summed E-state index contributed by atoms with van der Waals surface area (Å²) in [5.41, 5.74) is 21.3. The van der Waals surface area contributed by atoms with Crippen molar-refractivity contribution in [2.45, 2.75) is 147 Å². The molecule has 9 unspecified atom stereocenters. The molecular weight excluding hydrogens is 1220 g/mol. The molecule has 5 aromatic rings. The van der Waals surface area contributed by atoms with Crippen molar-refractivity contribution in [1.29, 1.82) is 0 Å². The van der Waals surface area contributed by atoms with Gasteiger partial charge in [0.05, 0.1) is 43.7 Å². The van der Waals surface area contributed by atoms with E-state index in [1.54, 1.807) is 151 Å². The first-order valence-corrected chi connectivity index (χ1v) is 32.3. The molecule has 9 amide bonds. The van der Waals surface area contributed by atoms with Crippen molar-refractivity contribution in [1.82, 2.24) is 37.2 Å². The fourth-order valence-electron chi connectivity index (χ4n) is 9.53. The molecule has 0 fully saturated rings. The number of rotatable bonds is 39. The molecule has 0 aliphatic carbocycles.